The molecule has 0 saturated heterocycles. The maximum absolute atomic E-state index is 12.6. The van der Waals surface area contributed by atoms with Crippen molar-refractivity contribution < 1.29 is 19.5 Å². The smallest absolute Gasteiger partial charge is 0.339 e. The highest BCUT2D eigenvalue weighted by Crippen LogP contribution is 2.34. The number of fused-ring (bicyclic) bond motifs is 1. The number of rotatable bonds is 4. The van der Waals surface area contributed by atoms with Crippen molar-refractivity contribution in [2.24, 2.45) is 0 Å². The summed E-state index contributed by atoms with van der Waals surface area (Å²) in [6, 6.07) is 5.07. The molecule has 25 heavy (non-hydrogen) atoms. The molecule has 0 unspecified atom stereocenters. The van der Waals surface area contributed by atoms with Gasteiger partial charge in [-0.3, -0.25) is 9.59 Å². The number of carbonyl (C=O) groups is 3. The van der Waals surface area contributed by atoms with Gasteiger partial charge in [0.1, 0.15) is 5.00 Å². The van der Waals surface area contributed by atoms with E-state index in [1.54, 1.807) is 18.2 Å². The van der Waals surface area contributed by atoms with Gasteiger partial charge in [0.2, 0.25) is 5.91 Å². The van der Waals surface area contributed by atoms with E-state index in [0.717, 1.165) is 21.7 Å². The Kier molecular flexibility index (Phi) is 4.59. The van der Waals surface area contributed by atoms with Crippen LogP contribution in [0.2, 0.25) is 0 Å². The first-order valence-electron chi connectivity index (χ1n) is 8.00. The van der Waals surface area contributed by atoms with Crippen molar-refractivity contribution in [3.05, 3.63) is 45.3 Å². The Labute approximate surface area is 148 Å². The minimum absolute atomic E-state index is 0.0306. The lowest BCUT2D eigenvalue weighted by Gasteiger charge is -2.17. The average molecular weight is 358 g/mol. The number of aryl methyl sites for hydroxylation is 2. The number of aromatic carboxylic acids is 1. The van der Waals surface area contributed by atoms with Gasteiger partial charge in [-0.05, 0) is 49.1 Å². The van der Waals surface area contributed by atoms with E-state index in [2.05, 4.69) is 10.6 Å². The number of amides is 2. The first-order chi connectivity index (χ1) is 11.9. The van der Waals surface area contributed by atoms with Crippen molar-refractivity contribution in [3.63, 3.8) is 0 Å². The van der Waals surface area contributed by atoms with E-state index >= 15 is 0 Å². The summed E-state index contributed by atoms with van der Waals surface area (Å²) in [5.41, 5.74) is 2.99. The molecular weight excluding hydrogens is 340 g/mol. The topological polar surface area (TPSA) is 95.5 Å². The Morgan fingerprint density at radius 1 is 1.32 bits per heavy atom. The van der Waals surface area contributed by atoms with Crippen molar-refractivity contribution in [2.75, 3.05) is 10.6 Å². The van der Waals surface area contributed by atoms with Gasteiger partial charge in [0.25, 0.3) is 5.91 Å². The van der Waals surface area contributed by atoms with Crippen LogP contribution < -0.4 is 10.6 Å². The van der Waals surface area contributed by atoms with Crippen molar-refractivity contribution >= 4 is 39.8 Å². The summed E-state index contributed by atoms with van der Waals surface area (Å²) in [7, 11) is 0. The van der Waals surface area contributed by atoms with Crippen molar-refractivity contribution in [1.82, 2.24) is 0 Å². The fourth-order valence-corrected chi connectivity index (χ4v) is 4.15. The van der Waals surface area contributed by atoms with Gasteiger partial charge >= 0.3 is 5.97 Å². The number of benzene rings is 1. The molecule has 7 heteroatoms. The van der Waals surface area contributed by atoms with E-state index in [-0.39, 0.29) is 17.4 Å². The molecule has 2 heterocycles. The molecule has 0 radical (unpaired) electrons. The van der Waals surface area contributed by atoms with Gasteiger partial charge in [-0.1, -0.05) is 6.92 Å². The van der Waals surface area contributed by atoms with E-state index in [0.29, 0.717) is 29.8 Å². The predicted molar refractivity (Wildman–Crippen MR) is 96.7 cm³/mol. The van der Waals surface area contributed by atoms with E-state index < -0.39 is 5.97 Å². The highest BCUT2D eigenvalue weighted by molar-refractivity contribution is 7.16. The predicted octanol–water partition coefficient (Wildman–Crippen LogP) is 3.45. The summed E-state index contributed by atoms with van der Waals surface area (Å²) in [6.45, 7) is 3.75. The molecule has 2 aromatic rings. The summed E-state index contributed by atoms with van der Waals surface area (Å²) in [6.07, 6.45) is 1.57. The molecule has 3 N–H and O–H groups in total. The lowest BCUT2D eigenvalue weighted by molar-refractivity contribution is -0.116. The standard InChI is InChI=1S/C18H18N2O4S/c1-3-12-9(2)25-17(15(12)18(23)24)20-16(22)11-4-6-13-10(8-11)5-7-14(21)19-13/h4,6,8H,3,5,7H2,1-2H3,(H,19,21)(H,20,22)(H,23,24). The van der Waals surface area contributed by atoms with Crippen LogP contribution >= 0.6 is 11.3 Å². The zero-order valence-corrected chi connectivity index (χ0v) is 14.8. The molecule has 3 rings (SSSR count). The van der Waals surface area contributed by atoms with Crippen LogP contribution in [-0.2, 0) is 17.6 Å². The van der Waals surface area contributed by atoms with Gasteiger partial charge in [-0.2, -0.15) is 0 Å². The van der Waals surface area contributed by atoms with Gasteiger partial charge in [0.15, 0.2) is 0 Å². The van der Waals surface area contributed by atoms with Crippen LogP contribution in [0, 0.1) is 6.92 Å². The Balaban J connectivity index is 1.88. The summed E-state index contributed by atoms with van der Waals surface area (Å²) in [5, 5.41) is 15.3. The van der Waals surface area contributed by atoms with E-state index in [1.165, 1.54) is 11.3 Å². The molecule has 0 atom stereocenters. The third-order valence-electron chi connectivity index (χ3n) is 4.27. The molecule has 2 amide bonds. The number of hydrogen-bond acceptors (Lipinski definition) is 4. The van der Waals surface area contributed by atoms with E-state index in [1.807, 2.05) is 13.8 Å². The van der Waals surface area contributed by atoms with Gasteiger partial charge in [-0.25, -0.2) is 4.79 Å². The van der Waals surface area contributed by atoms with Crippen molar-refractivity contribution in [1.29, 1.82) is 0 Å². The number of carbonyl (C=O) groups excluding carboxylic acids is 2. The zero-order chi connectivity index (χ0) is 18.1. The highest BCUT2D eigenvalue weighted by Gasteiger charge is 2.23. The largest absolute Gasteiger partial charge is 0.478 e. The second-order valence-corrected chi connectivity index (χ2v) is 7.10. The summed E-state index contributed by atoms with van der Waals surface area (Å²) >= 11 is 1.28. The van der Waals surface area contributed by atoms with Gasteiger partial charge in [-0.15, -0.1) is 11.3 Å². The fraction of sp³-hybridized carbons (Fsp3) is 0.278. The van der Waals surface area contributed by atoms with Crippen molar-refractivity contribution in [2.45, 2.75) is 33.1 Å². The van der Waals surface area contributed by atoms with Crippen LogP contribution in [-0.4, -0.2) is 22.9 Å². The summed E-state index contributed by atoms with van der Waals surface area (Å²) < 4.78 is 0. The van der Waals surface area contributed by atoms with Gasteiger partial charge in [0.05, 0.1) is 5.56 Å². The second-order valence-electron chi connectivity index (χ2n) is 5.87. The summed E-state index contributed by atoms with van der Waals surface area (Å²) in [5.74, 6) is -1.42. The van der Waals surface area contributed by atoms with Crippen LogP contribution in [0.5, 0.6) is 0 Å². The number of thiophene rings is 1. The molecule has 1 aliphatic heterocycles. The average Bonchev–Trinajstić information content (AvgIpc) is 2.89. The number of anilines is 2. The molecular formula is C18H18N2O4S. The van der Waals surface area contributed by atoms with Crippen LogP contribution in [0.25, 0.3) is 0 Å². The lowest BCUT2D eigenvalue weighted by atomic mass is 10.00. The second kappa shape index (κ2) is 6.68. The molecule has 130 valence electrons. The maximum Gasteiger partial charge on any atom is 0.339 e. The normalized spacial score (nSPS) is 13.1. The van der Waals surface area contributed by atoms with E-state index in [9.17, 15) is 19.5 Å². The van der Waals surface area contributed by atoms with Crippen LogP contribution in [0.3, 0.4) is 0 Å². The number of hydrogen-bond donors (Lipinski definition) is 3. The van der Waals surface area contributed by atoms with Crippen LogP contribution in [0.15, 0.2) is 18.2 Å². The third kappa shape index (κ3) is 3.28. The third-order valence-corrected chi connectivity index (χ3v) is 5.33. The molecule has 1 aromatic heterocycles. The monoisotopic (exact) mass is 358 g/mol. The Morgan fingerprint density at radius 2 is 2.08 bits per heavy atom. The molecule has 6 nitrogen and oxygen atoms in total. The lowest BCUT2D eigenvalue weighted by Crippen LogP contribution is -2.20. The molecule has 0 saturated carbocycles. The molecule has 1 aliphatic rings. The van der Waals surface area contributed by atoms with Crippen LogP contribution in [0.4, 0.5) is 10.7 Å². The van der Waals surface area contributed by atoms with Crippen molar-refractivity contribution in [3.8, 4) is 0 Å². The molecule has 0 aliphatic carbocycles. The van der Waals surface area contributed by atoms with Gasteiger partial charge in [0, 0.05) is 22.5 Å². The van der Waals surface area contributed by atoms with Gasteiger partial charge < -0.3 is 15.7 Å². The molecule has 0 spiro atoms. The molecule has 0 bridgehead atoms. The fourth-order valence-electron chi connectivity index (χ4n) is 3.02. The minimum Gasteiger partial charge on any atom is -0.478 e. The minimum atomic E-state index is -1.04. The Morgan fingerprint density at radius 3 is 2.76 bits per heavy atom. The van der Waals surface area contributed by atoms with E-state index in [4.69, 9.17) is 0 Å². The zero-order valence-electron chi connectivity index (χ0n) is 13.9. The molecule has 0 fully saturated rings. The number of nitrogens with one attached hydrogen (secondary N) is 2. The maximum atomic E-state index is 12.6. The quantitative estimate of drug-likeness (QED) is 0.780. The number of carboxylic acid groups (broad SMARTS) is 1. The first-order valence-corrected chi connectivity index (χ1v) is 8.82. The molecule has 1 aromatic carbocycles. The number of carboxylic acids is 1. The Hall–Kier alpha value is -2.67. The summed E-state index contributed by atoms with van der Waals surface area (Å²) in [4.78, 5) is 36.4. The Bertz CT molecular complexity index is 885. The first kappa shape index (κ1) is 17.2. The SMILES string of the molecule is CCc1c(C)sc(NC(=O)c2ccc3c(c2)CCC(=O)N3)c1C(=O)O. The van der Waals surface area contributed by atoms with Crippen LogP contribution in [0.1, 0.15) is 50.1 Å². The highest BCUT2D eigenvalue weighted by atomic mass is 32.1.